The molecule has 0 amide bonds. The molecular formula is C14H17ClN2O3. The second kappa shape index (κ2) is 8.01. The van der Waals surface area contributed by atoms with Crippen LogP contribution in [-0.2, 0) is 17.9 Å². The molecule has 2 aromatic rings. The molecule has 0 fully saturated rings. The fourth-order valence-electron chi connectivity index (χ4n) is 1.67. The van der Waals surface area contributed by atoms with Gasteiger partial charge in [-0.2, -0.15) is 0 Å². The third-order valence-electron chi connectivity index (χ3n) is 2.70. The third kappa shape index (κ3) is 4.94. The Morgan fingerprint density at radius 1 is 1.35 bits per heavy atom. The summed E-state index contributed by atoms with van der Waals surface area (Å²) in [5, 5.41) is 17.1. The summed E-state index contributed by atoms with van der Waals surface area (Å²) in [6.45, 7) is 1.58. The molecule has 1 unspecified atom stereocenters. The molecular weight excluding hydrogens is 280 g/mol. The van der Waals surface area contributed by atoms with Crippen LogP contribution >= 0.6 is 11.6 Å². The van der Waals surface area contributed by atoms with Crippen LogP contribution in [0.25, 0.3) is 0 Å². The molecule has 2 rings (SSSR count). The lowest BCUT2D eigenvalue weighted by atomic mass is 10.2. The van der Waals surface area contributed by atoms with E-state index in [-0.39, 0.29) is 6.61 Å². The summed E-state index contributed by atoms with van der Waals surface area (Å²) in [7, 11) is 0. The number of aliphatic hydroxyl groups is 1. The zero-order valence-electron chi connectivity index (χ0n) is 11.0. The number of ether oxygens (including phenoxy) is 1. The summed E-state index contributed by atoms with van der Waals surface area (Å²) in [5.74, 6) is 0.731. The molecule has 0 bridgehead atoms. The zero-order valence-corrected chi connectivity index (χ0v) is 11.7. The first kappa shape index (κ1) is 15.0. The summed E-state index contributed by atoms with van der Waals surface area (Å²) in [5.41, 5.74) is 0.913. The van der Waals surface area contributed by atoms with Crippen molar-refractivity contribution in [3.63, 3.8) is 0 Å². The normalized spacial score (nSPS) is 12.5. The van der Waals surface area contributed by atoms with Gasteiger partial charge in [0.2, 0.25) is 0 Å². The molecule has 0 saturated heterocycles. The van der Waals surface area contributed by atoms with Crippen LogP contribution in [0.3, 0.4) is 0 Å². The predicted molar refractivity (Wildman–Crippen MR) is 75.3 cm³/mol. The molecule has 0 aliphatic carbocycles. The number of nitrogens with one attached hydrogen (secondary N) is 1. The van der Waals surface area contributed by atoms with E-state index < -0.39 is 6.10 Å². The van der Waals surface area contributed by atoms with Crippen molar-refractivity contribution >= 4 is 11.6 Å². The van der Waals surface area contributed by atoms with E-state index in [4.69, 9.17) is 20.9 Å². The van der Waals surface area contributed by atoms with Gasteiger partial charge >= 0.3 is 0 Å². The van der Waals surface area contributed by atoms with E-state index in [0.29, 0.717) is 24.7 Å². The van der Waals surface area contributed by atoms with Crippen LogP contribution < -0.4 is 5.32 Å². The summed E-state index contributed by atoms with van der Waals surface area (Å²) >= 11 is 6.01. The summed E-state index contributed by atoms with van der Waals surface area (Å²) in [6, 6.07) is 9.26. The monoisotopic (exact) mass is 296 g/mol. The first-order valence-electron chi connectivity index (χ1n) is 6.35. The van der Waals surface area contributed by atoms with Gasteiger partial charge < -0.3 is 19.7 Å². The van der Waals surface area contributed by atoms with Crippen molar-refractivity contribution in [2.45, 2.75) is 19.3 Å². The van der Waals surface area contributed by atoms with Crippen molar-refractivity contribution in [1.82, 2.24) is 10.5 Å². The second-order valence-electron chi connectivity index (χ2n) is 4.37. The fraction of sp³-hybridized carbons (Fsp3) is 0.357. The van der Waals surface area contributed by atoms with Crippen LogP contribution in [0.2, 0.25) is 5.02 Å². The highest BCUT2D eigenvalue weighted by Crippen LogP contribution is 2.15. The van der Waals surface area contributed by atoms with Gasteiger partial charge in [0.1, 0.15) is 5.76 Å². The largest absolute Gasteiger partial charge is 0.389 e. The maximum absolute atomic E-state index is 9.76. The van der Waals surface area contributed by atoms with E-state index in [0.717, 1.165) is 11.3 Å². The first-order valence-corrected chi connectivity index (χ1v) is 6.73. The Balaban J connectivity index is 1.60. The number of benzene rings is 1. The molecule has 0 aliphatic rings. The summed E-state index contributed by atoms with van der Waals surface area (Å²) < 4.78 is 10.4. The number of halogens is 1. The Labute approximate surface area is 122 Å². The quantitative estimate of drug-likeness (QED) is 0.780. The van der Waals surface area contributed by atoms with Crippen LogP contribution in [0.1, 0.15) is 11.3 Å². The van der Waals surface area contributed by atoms with Gasteiger partial charge in [-0.05, 0) is 11.6 Å². The summed E-state index contributed by atoms with van der Waals surface area (Å²) in [6.07, 6.45) is 1.00. The number of nitrogens with zero attached hydrogens (tertiary/aromatic N) is 1. The van der Waals surface area contributed by atoms with Crippen LogP contribution in [0, 0.1) is 0 Å². The minimum atomic E-state index is -0.583. The standard InChI is InChI=1S/C14H17ClN2O3/c15-14-4-2-1-3-11(14)9-19-10-12(18)7-16-8-13-5-6-17-20-13/h1-6,12,16,18H,7-10H2. The predicted octanol–water partition coefficient (Wildman–Crippen LogP) is 2.00. The lowest BCUT2D eigenvalue weighted by Crippen LogP contribution is -2.30. The molecule has 1 aromatic heterocycles. The van der Waals surface area contributed by atoms with Gasteiger partial charge in [-0.25, -0.2) is 0 Å². The highest BCUT2D eigenvalue weighted by atomic mass is 35.5. The Morgan fingerprint density at radius 2 is 2.20 bits per heavy atom. The topological polar surface area (TPSA) is 67.5 Å². The van der Waals surface area contributed by atoms with Gasteiger partial charge in [0.25, 0.3) is 0 Å². The van der Waals surface area contributed by atoms with E-state index in [1.165, 1.54) is 0 Å². The molecule has 1 heterocycles. The average Bonchev–Trinajstić information content (AvgIpc) is 2.94. The molecule has 108 valence electrons. The smallest absolute Gasteiger partial charge is 0.150 e. The van der Waals surface area contributed by atoms with Crippen LogP contribution in [0.4, 0.5) is 0 Å². The molecule has 0 aliphatic heterocycles. The molecule has 20 heavy (non-hydrogen) atoms. The molecule has 2 N–H and O–H groups in total. The minimum absolute atomic E-state index is 0.245. The van der Waals surface area contributed by atoms with Crippen LogP contribution in [-0.4, -0.2) is 29.5 Å². The van der Waals surface area contributed by atoms with Gasteiger partial charge in [-0.3, -0.25) is 0 Å². The van der Waals surface area contributed by atoms with Gasteiger partial charge in [0, 0.05) is 17.6 Å². The van der Waals surface area contributed by atoms with Crippen molar-refractivity contribution in [2.75, 3.05) is 13.2 Å². The Kier molecular flexibility index (Phi) is 6.01. The number of hydrogen-bond donors (Lipinski definition) is 2. The molecule has 0 spiro atoms. The van der Waals surface area contributed by atoms with E-state index in [2.05, 4.69) is 10.5 Å². The molecule has 5 nitrogen and oxygen atoms in total. The van der Waals surface area contributed by atoms with E-state index >= 15 is 0 Å². The number of hydrogen-bond acceptors (Lipinski definition) is 5. The van der Waals surface area contributed by atoms with Crippen molar-refractivity contribution in [3.8, 4) is 0 Å². The Morgan fingerprint density at radius 3 is 2.95 bits per heavy atom. The highest BCUT2D eigenvalue weighted by Gasteiger charge is 2.06. The van der Waals surface area contributed by atoms with E-state index in [9.17, 15) is 5.11 Å². The van der Waals surface area contributed by atoms with Crippen LogP contribution in [0.5, 0.6) is 0 Å². The average molecular weight is 297 g/mol. The van der Waals surface area contributed by atoms with E-state index in [1.54, 1.807) is 12.3 Å². The second-order valence-corrected chi connectivity index (χ2v) is 4.78. The van der Waals surface area contributed by atoms with Crippen molar-refractivity contribution < 1.29 is 14.4 Å². The molecule has 6 heteroatoms. The van der Waals surface area contributed by atoms with Gasteiger partial charge in [0.15, 0.2) is 0 Å². The van der Waals surface area contributed by atoms with Crippen molar-refractivity contribution in [3.05, 3.63) is 52.9 Å². The number of aliphatic hydroxyl groups excluding tert-OH is 1. The molecule has 0 radical (unpaired) electrons. The minimum Gasteiger partial charge on any atom is -0.389 e. The lowest BCUT2D eigenvalue weighted by molar-refractivity contribution is 0.0285. The van der Waals surface area contributed by atoms with Crippen molar-refractivity contribution in [2.24, 2.45) is 0 Å². The van der Waals surface area contributed by atoms with Gasteiger partial charge in [-0.1, -0.05) is 35.0 Å². The highest BCUT2D eigenvalue weighted by molar-refractivity contribution is 6.31. The van der Waals surface area contributed by atoms with Gasteiger partial charge in [0.05, 0.1) is 32.1 Å². The van der Waals surface area contributed by atoms with Gasteiger partial charge in [-0.15, -0.1) is 0 Å². The third-order valence-corrected chi connectivity index (χ3v) is 3.06. The molecule has 1 atom stereocenters. The Hall–Kier alpha value is -1.40. The first-order chi connectivity index (χ1) is 9.75. The SMILES string of the molecule is OC(CNCc1ccno1)COCc1ccccc1Cl. The van der Waals surface area contributed by atoms with Crippen LogP contribution in [0.15, 0.2) is 41.1 Å². The molecule has 0 saturated carbocycles. The lowest BCUT2D eigenvalue weighted by Gasteiger charge is -2.12. The number of aromatic nitrogens is 1. The summed E-state index contributed by atoms with van der Waals surface area (Å²) in [4.78, 5) is 0. The van der Waals surface area contributed by atoms with Crippen molar-refractivity contribution in [1.29, 1.82) is 0 Å². The Bertz CT molecular complexity index is 505. The molecule has 1 aromatic carbocycles. The number of rotatable bonds is 8. The maximum atomic E-state index is 9.76. The maximum Gasteiger partial charge on any atom is 0.150 e. The van der Waals surface area contributed by atoms with E-state index in [1.807, 2.05) is 24.3 Å². The fourth-order valence-corrected chi connectivity index (χ4v) is 1.86. The zero-order chi connectivity index (χ0) is 14.2.